The fourth-order valence-electron chi connectivity index (χ4n) is 1.60. The van der Waals surface area contributed by atoms with Gasteiger partial charge in [0.1, 0.15) is 5.82 Å². The van der Waals surface area contributed by atoms with Crippen molar-refractivity contribution >= 4 is 11.6 Å². The summed E-state index contributed by atoms with van der Waals surface area (Å²) in [7, 11) is 0. The lowest BCUT2D eigenvalue weighted by Crippen LogP contribution is -2.25. The van der Waals surface area contributed by atoms with Crippen LogP contribution in [0.15, 0.2) is 18.2 Å². The summed E-state index contributed by atoms with van der Waals surface area (Å²) < 4.78 is 13.4. The number of hydrogen-bond donors (Lipinski definition) is 3. The molecule has 5 heteroatoms. The Hall–Kier alpha value is -1.62. The molecule has 0 unspecified atom stereocenters. The highest BCUT2D eigenvalue weighted by atomic mass is 19.1. The maximum absolute atomic E-state index is 13.4. The molecule has 0 heterocycles. The number of carbonyl (C=O) groups excluding carboxylic acids is 1. The topological polar surface area (TPSA) is 75.4 Å². The van der Waals surface area contributed by atoms with Crippen molar-refractivity contribution in [3.63, 3.8) is 0 Å². The Morgan fingerprint density at radius 1 is 1.28 bits per heavy atom. The molecule has 0 aromatic heterocycles. The van der Waals surface area contributed by atoms with Crippen LogP contribution in [0, 0.1) is 5.82 Å². The summed E-state index contributed by atoms with van der Waals surface area (Å²) in [6.07, 6.45) is 3.47. The zero-order valence-electron chi connectivity index (χ0n) is 10.3. The van der Waals surface area contributed by atoms with E-state index in [1.165, 1.54) is 12.1 Å². The third kappa shape index (κ3) is 4.71. The second-order valence-electron chi connectivity index (χ2n) is 4.13. The number of amides is 1. The van der Waals surface area contributed by atoms with Gasteiger partial charge in [0.05, 0.1) is 5.56 Å². The highest BCUT2D eigenvalue weighted by molar-refractivity contribution is 5.94. The van der Waals surface area contributed by atoms with Crippen LogP contribution in [0.2, 0.25) is 0 Å². The number of carbonyl (C=O) groups is 1. The van der Waals surface area contributed by atoms with Crippen molar-refractivity contribution in [2.45, 2.75) is 25.7 Å². The molecule has 0 aliphatic carbocycles. The number of aliphatic hydroxyl groups excluding tert-OH is 1. The van der Waals surface area contributed by atoms with Gasteiger partial charge in [0.2, 0.25) is 0 Å². The highest BCUT2D eigenvalue weighted by Gasteiger charge is 2.10. The van der Waals surface area contributed by atoms with E-state index in [9.17, 15) is 9.18 Å². The van der Waals surface area contributed by atoms with Crippen molar-refractivity contribution < 1.29 is 14.3 Å². The molecule has 100 valence electrons. The quantitative estimate of drug-likeness (QED) is 0.512. The molecule has 0 saturated heterocycles. The molecule has 0 aliphatic heterocycles. The summed E-state index contributed by atoms with van der Waals surface area (Å²) in [5.74, 6) is -1.03. The molecule has 4 nitrogen and oxygen atoms in total. The van der Waals surface area contributed by atoms with Crippen LogP contribution in [0.1, 0.15) is 36.0 Å². The summed E-state index contributed by atoms with van der Waals surface area (Å²) in [6, 6.07) is 4.02. The lowest BCUT2D eigenvalue weighted by Gasteiger charge is -2.06. The highest BCUT2D eigenvalue weighted by Crippen LogP contribution is 2.11. The van der Waals surface area contributed by atoms with Crippen LogP contribution in [-0.4, -0.2) is 24.2 Å². The summed E-state index contributed by atoms with van der Waals surface area (Å²) in [6.45, 7) is 0.705. The fraction of sp³-hybridized carbons (Fsp3) is 0.462. The number of unbranched alkanes of at least 4 members (excludes halogenated alkanes) is 3. The molecule has 1 amide bonds. The molecule has 4 N–H and O–H groups in total. The van der Waals surface area contributed by atoms with Crippen LogP contribution in [-0.2, 0) is 0 Å². The van der Waals surface area contributed by atoms with Gasteiger partial charge in [-0.25, -0.2) is 4.39 Å². The average molecular weight is 254 g/mol. The Morgan fingerprint density at radius 2 is 2.00 bits per heavy atom. The number of nitrogens with two attached hydrogens (primary N) is 1. The first-order valence-corrected chi connectivity index (χ1v) is 6.09. The minimum Gasteiger partial charge on any atom is -0.399 e. The summed E-state index contributed by atoms with van der Waals surface area (Å²) in [4.78, 5) is 11.6. The predicted molar refractivity (Wildman–Crippen MR) is 68.7 cm³/mol. The Balaban J connectivity index is 2.32. The van der Waals surface area contributed by atoms with E-state index in [1.54, 1.807) is 0 Å². The first-order chi connectivity index (χ1) is 8.65. The molecule has 1 rings (SSSR count). The molecule has 0 aliphatic rings. The first kappa shape index (κ1) is 14.4. The van der Waals surface area contributed by atoms with Crippen LogP contribution < -0.4 is 11.1 Å². The Labute approximate surface area is 106 Å². The van der Waals surface area contributed by atoms with E-state index >= 15 is 0 Å². The Kier molecular flexibility index (Phi) is 6.14. The summed E-state index contributed by atoms with van der Waals surface area (Å²) >= 11 is 0. The third-order valence-electron chi connectivity index (χ3n) is 2.61. The van der Waals surface area contributed by atoms with E-state index in [-0.39, 0.29) is 12.2 Å². The molecule has 18 heavy (non-hydrogen) atoms. The van der Waals surface area contributed by atoms with E-state index in [2.05, 4.69) is 5.32 Å². The van der Waals surface area contributed by atoms with E-state index in [1.807, 2.05) is 0 Å². The second kappa shape index (κ2) is 7.66. The van der Waals surface area contributed by atoms with E-state index in [0.29, 0.717) is 12.2 Å². The molecule has 1 aromatic rings. The third-order valence-corrected chi connectivity index (χ3v) is 2.61. The first-order valence-electron chi connectivity index (χ1n) is 6.09. The maximum Gasteiger partial charge on any atom is 0.254 e. The Morgan fingerprint density at radius 3 is 2.67 bits per heavy atom. The van der Waals surface area contributed by atoms with E-state index in [0.717, 1.165) is 31.7 Å². The zero-order chi connectivity index (χ0) is 13.4. The van der Waals surface area contributed by atoms with Crippen molar-refractivity contribution in [1.82, 2.24) is 5.32 Å². The number of nitrogen functional groups attached to an aromatic ring is 1. The SMILES string of the molecule is Nc1ccc(C(=O)NCCCCCCO)c(F)c1. The van der Waals surface area contributed by atoms with Gasteiger partial charge in [0.25, 0.3) is 5.91 Å². The van der Waals surface area contributed by atoms with Crippen molar-refractivity contribution in [3.05, 3.63) is 29.6 Å². The van der Waals surface area contributed by atoms with Gasteiger partial charge < -0.3 is 16.2 Å². The second-order valence-corrected chi connectivity index (χ2v) is 4.13. The molecule has 1 aromatic carbocycles. The number of benzene rings is 1. The van der Waals surface area contributed by atoms with Gasteiger partial charge >= 0.3 is 0 Å². The maximum atomic E-state index is 13.4. The summed E-state index contributed by atoms with van der Waals surface area (Å²) in [5, 5.41) is 11.2. The number of nitrogens with one attached hydrogen (secondary N) is 1. The van der Waals surface area contributed by atoms with Crippen LogP contribution in [0.5, 0.6) is 0 Å². The molecule has 0 saturated carbocycles. The van der Waals surface area contributed by atoms with Crippen LogP contribution in [0.3, 0.4) is 0 Å². The normalized spacial score (nSPS) is 10.3. The van der Waals surface area contributed by atoms with Gasteiger partial charge in [-0.15, -0.1) is 0 Å². The van der Waals surface area contributed by atoms with Gasteiger partial charge in [-0.1, -0.05) is 12.8 Å². The minimum absolute atomic E-state index is 0.0135. The smallest absolute Gasteiger partial charge is 0.254 e. The van der Waals surface area contributed by atoms with Crippen LogP contribution >= 0.6 is 0 Å². The number of halogens is 1. The van der Waals surface area contributed by atoms with Gasteiger partial charge in [0, 0.05) is 18.8 Å². The fourth-order valence-corrected chi connectivity index (χ4v) is 1.60. The zero-order valence-corrected chi connectivity index (χ0v) is 10.3. The number of rotatable bonds is 7. The molecule has 0 atom stereocenters. The van der Waals surface area contributed by atoms with Gasteiger partial charge in [0.15, 0.2) is 0 Å². The van der Waals surface area contributed by atoms with Crippen molar-refractivity contribution in [1.29, 1.82) is 0 Å². The van der Waals surface area contributed by atoms with Gasteiger partial charge in [-0.05, 0) is 31.0 Å². The monoisotopic (exact) mass is 254 g/mol. The van der Waals surface area contributed by atoms with Crippen LogP contribution in [0.4, 0.5) is 10.1 Å². The van der Waals surface area contributed by atoms with Crippen molar-refractivity contribution in [2.75, 3.05) is 18.9 Å². The van der Waals surface area contributed by atoms with Crippen molar-refractivity contribution in [3.8, 4) is 0 Å². The predicted octanol–water partition coefficient (Wildman–Crippen LogP) is 1.69. The number of hydrogen-bond acceptors (Lipinski definition) is 3. The van der Waals surface area contributed by atoms with E-state index in [4.69, 9.17) is 10.8 Å². The molecule has 0 radical (unpaired) electrons. The lowest BCUT2D eigenvalue weighted by atomic mass is 10.1. The average Bonchev–Trinajstić information content (AvgIpc) is 2.33. The standard InChI is InChI=1S/C13H19FN2O2/c14-12-9-10(15)5-6-11(12)13(18)16-7-3-1-2-4-8-17/h5-6,9,17H,1-4,7-8,15H2,(H,16,18). The molecule has 0 spiro atoms. The number of aliphatic hydroxyl groups is 1. The molecule has 0 bridgehead atoms. The molecular formula is C13H19FN2O2. The largest absolute Gasteiger partial charge is 0.399 e. The Bertz CT molecular complexity index is 397. The van der Waals surface area contributed by atoms with Crippen molar-refractivity contribution in [2.24, 2.45) is 0 Å². The van der Waals surface area contributed by atoms with Gasteiger partial charge in [-0.3, -0.25) is 4.79 Å². The molecular weight excluding hydrogens is 235 g/mol. The number of anilines is 1. The van der Waals surface area contributed by atoms with E-state index < -0.39 is 11.7 Å². The summed E-state index contributed by atoms with van der Waals surface area (Å²) in [5.41, 5.74) is 5.72. The minimum atomic E-state index is -0.604. The van der Waals surface area contributed by atoms with Gasteiger partial charge in [-0.2, -0.15) is 0 Å². The lowest BCUT2D eigenvalue weighted by molar-refractivity contribution is 0.0949. The molecule has 0 fully saturated rings. The van der Waals surface area contributed by atoms with Crippen LogP contribution in [0.25, 0.3) is 0 Å².